The number of anilines is 1. The average Bonchev–Trinajstić information content (AvgIpc) is 2.27. The van der Waals surface area contributed by atoms with Crippen molar-refractivity contribution in [2.75, 3.05) is 26.0 Å². The van der Waals surface area contributed by atoms with Gasteiger partial charge in [-0.1, -0.05) is 17.5 Å². The van der Waals surface area contributed by atoms with Gasteiger partial charge in [-0.3, -0.25) is 4.79 Å². The number of rotatable bonds is 3. The standard InChI is InChI=1S/C12H13ClN2O/c1-4-7-14-9-5-6-11(13)10(8-9)12(16)15(2)3/h1,5-6,8,14H,7H2,2-3H3. The lowest BCUT2D eigenvalue weighted by Crippen LogP contribution is -2.22. The van der Waals surface area contributed by atoms with E-state index in [2.05, 4.69) is 11.2 Å². The van der Waals surface area contributed by atoms with Crippen LogP contribution >= 0.6 is 11.6 Å². The van der Waals surface area contributed by atoms with Crippen LogP contribution in [0.2, 0.25) is 5.02 Å². The first kappa shape index (κ1) is 12.4. The highest BCUT2D eigenvalue weighted by Crippen LogP contribution is 2.21. The Hall–Kier alpha value is -1.66. The predicted octanol–water partition coefficient (Wildman–Crippen LogP) is 2.09. The summed E-state index contributed by atoms with van der Waals surface area (Å²) in [5.74, 6) is 2.33. The molecule has 0 heterocycles. The number of halogens is 1. The molecule has 1 N–H and O–H groups in total. The Labute approximate surface area is 100 Å². The van der Waals surface area contributed by atoms with E-state index in [1.54, 1.807) is 32.3 Å². The highest BCUT2D eigenvalue weighted by atomic mass is 35.5. The van der Waals surface area contributed by atoms with Gasteiger partial charge in [0.15, 0.2) is 0 Å². The van der Waals surface area contributed by atoms with Crippen molar-refractivity contribution < 1.29 is 4.79 Å². The van der Waals surface area contributed by atoms with Crippen LogP contribution in [0.3, 0.4) is 0 Å². The van der Waals surface area contributed by atoms with Crippen LogP contribution in [0.15, 0.2) is 18.2 Å². The number of nitrogens with one attached hydrogen (secondary N) is 1. The molecule has 0 fully saturated rings. The molecule has 84 valence electrons. The number of hydrogen-bond donors (Lipinski definition) is 1. The van der Waals surface area contributed by atoms with Gasteiger partial charge in [-0.15, -0.1) is 6.42 Å². The van der Waals surface area contributed by atoms with Crippen molar-refractivity contribution in [2.45, 2.75) is 0 Å². The van der Waals surface area contributed by atoms with E-state index in [1.165, 1.54) is 4.90 Å². The van der Waals surface area contributed by atoms with E-state index in [0.29, 0.717) is 17.1 Å². The maximum absolute atomic E-state index is 11.8. The zero-order valence-corrected chi connectivity index (χ0v) is 10.0. The van der Waals surface area contributed by atoms with E-state index in [9.17, 15) is 4.79 Å². The molecule has 0 aliphatic rings. The molecule has 0 aromatic heterocycles. The number of nitrogens with zero attached hydrogens (tertiary/aromatic N) is 1. The van der Waals surface area contributed by atoms with Crippen LogP contribution in [0.5, 0.6) is 0 Å². The van der Waals surface area contributed by atoms with Crippen molar-refractivity contribution in [1.82, 2.24) is 4.90 Å². The summed E-state index contributed by atoms with van der Waals surface area (Å²) in [6.45, 7) is 0.414. The molecular formula is C12H13ClN2O. The van der Waals surface area contributed by atoms with Crippen LogP contribution in [0.4, 0.5) is 5.69 Å². The van der Waals surface area contributed by atoms with Gasteiger partial charge in [0.1, 0.15) is 0 Å². The van der Waals surface area contributed by atoms with Crippen molar-refractivity contribution in [2.24, 2.45) is 0 Å². The molecule has 4 heteroatoms. The molecule has 0 atom stereocenters. The Morgan fingerprint density at radius 3 is 2.81 bits per heavy atom. The summed E-state index contributed by atoms with van der Waals surface area (Å²) in [5, 5.41) is 3.43. The first-order valence-electron chi connectivity index (χ1n) is 4.74. The van der Waals surface area contributed by atoms with Gasteiger partial charge < -0.3 is 10.2 Å². The van der Waals surface area contributed by atoms with Gasteiger partial charge in [0.05, 0.1) is 17.1 Å². The van der Waals surface area contributed by atoms with Crippen molar-refractivity contribution in [3.05, 3.63) is 28.8 Å². The molecule has 0 radical (unpaired) electrons. The summed E-state index contributed by atoms with van der Waals surface area (Å²) < 4.78 is 0. The zero-order valence-electron chi connectivity index (χ0n) is 9.25. The van der Waals surface area contributed by atoms with Crippen molar-refractivity contribution in [1.29, 1.82) is 0 Å². The molecule has 0 saturated carbocycles. The molecule has 3 nitrogen and oxygen atoms in total. The van der Waals surface area contributed by atoms with Crippen molar-refractivity contribution in [3.8, 4) is 12.3 Å². The molecule has 16 heavy (non-hydrogen) atoms. The number of carbonyl (C=O) groups excluding carboxylic acids is 1. The fraction of sp³-hybridized carbons (Fsp3) is 0.250. The number of hydrogen-bond acceptors (Lipinski definition) is 2. The second kappa shape index (κ2) is 5.43. The van der Waals surface area contributed by atoms with Crippen LogP contribution in [-0.2, 0) is 0 Å². The monoisotopic (exact) mass is 236 g/mol. The second-order valence-electron chi connectivity index (χ2n) is 3.45. The molecule has 1 aromatic rings. The third kappa shape index (κ3) is 2.91. The third-order valence-electron chi connectivity index (χ3n) is 2.00. The van der Waals surface area contributed by atoms with Gasteiger partial charge in [0, 0.05) is 19.8 Å². The SMILES string of the molecule is C#CCNc1ccc(Cl)c(C(=O)N(C)C)c1. The smallest absolute Gasteiger partial charge is 0.254 e. The van der Waals surface area contributed by atoms with Gasteiger partial charge in [-0.05, 0) is 18.2 Å². The first-order chi connectivity index (χ1) is 7.56. The molecule has 0 spiro atoms. The van der Waals surface area contributed by atoms with Gasteiger partial charge >= 0.3 is 0 Å². The quantitative estimate of drug-likeness (QED) is 0.816. The highest BCUT2D eigenvalue weighted by molar-refractivity contribution is 6.34. The lowest BCUT2D eigenvalue weighted by Gasteiger charge is -2.13. The van der Waals surface area contributed by atoms with E-state index in [4.69, 9.17) is 18.0 Å². The van der Waals surface area contributed by atoms with Crippen molar-refractivity contribution >= 4 is 23.2 Å². The minimum absolute atomic E-state index is 0.130. The number of carbonyl (C=O) groups is 1. The number of amides is 1. The molecule has 0 unspecified atom stereocenters. The van der Waals surface area contributed by atoms with Gasteiger partial charge in [0.25, 0.3) is 5.91 Å². The maximum atomic E-state index is 11.8. The Balaban J connectivity index is 3.00. The number of benzene rings is 1. The van der Waals surface area contributed by atoms with E-state index in [-0.39, 0.29) is 5.91 Å². The van der Waals surface area contributed by atoms with Gasteiger partial charge in [0.2, 0.25) is 0 Å². The fourth-order valence-electron chi connectivity index (χ4n) is 1.19. The largest absolute Gasteiger partial charge is 0.374 e. The average molecular weight is 237 g/mol. The minimum Gasteiger partial charge on any atom is -0.374 e. The summed E-state index contributed by atoms with van der Waals surface area (Å²) in [6.07, 6.45) is 5.14. The Bertz CT molecular complexity index is 435. The summed E-state index contributed by atoms with van der Waals surface area (Å²) in [5.41, 5.74) is 1.25. The first-order valence-corrected chi connectivity index (χ1v) is 5.12. The van der Waals surface area contributed by atoms with E-state index in [0.717, 1.165) is 5.69 Å². The Morgan fingerprint density at radius 2 is 2.25 bits per heavy atom. The normalized spacial score (nSPS) is 9.38. The zero-order chi connectivity index (χ0) is 12.1. The third-order valence-corrected chi connectivity index (χ3v) is 2.33. The van der Waals surface area contributed by atoms with Gasteiger partial charge in [-0.25, -0.2) is 0 Å². The molecule has 1 aromatic carbocycles. The fourth-order valence-corrected chi connectivity index (χ4v) is 1.39. The highest BCUT2D eigenvalue weighted by Gasteiger charge is 2.12. The molecule has 1 amide bonds. The molecule has 0 aliphatic carbocycles. The second-order valence-corrected chi connectivity index (χ2v) is 3.86. The molecule has 0 aliphatic heterocycles. The van der Waals surface area contributed by atoms with Crippen molar-refractivity contribution in [3.63, 3.8) is 0 Å². The van der Waals surface area contributed by atoms with E-state index < -0.39 is 0 Å². The summed E-state index contributed by atoms with van der Waals surface area (Å²) in [4.78, 5) is 13.2. The van der Waals surface area contributed by atoms with Crippen LogP contribution < -0.4 is 5.32 Å². The van der Waals surface area contributed by atoms with Crippen LogP contribution in [0.25, 0.3) is 0 Å². The number of terminal acetylenes is 1. The Morgan fingerprint density at radius 1 is 1.56 bits per heavy atom. The molecule has 0 bridgehead atoms. The van der Waals surface area contributed by atoms with E-state index in [1.807, 2.05) is 0 Å². The van der Waals surface area contributed by atoms with Gasteiger partial charge in [-0.2, -0.15) is 0 Å². The van der Waals surface area contributed by atoms with Crippen LogP contribution in [0, 0.1) is 12.3 Å². The Kier molecular flexibility index (Phi) is 4.21. The lowest BCUT2D eigenvalue weighted by atomic mass is 10.1. The maximum Gasteiger partial charge on any atom is 0.254 e. The minimum atomic E-state index is -0.130. The van der Waals surface area contributed by atoms with Crippen LogP contribution in [-0.4, -0.2) is 31.4 Å². The van der Waals surface area contributed by atoms with Crippen LogP contribution in [0.1, 0.15) is 10.4 Å². The summed E-state index contributed by atoms with van der Waals surface area (Å²) in [6, 6.07) is 5.16. The predicted molar refractivity (Wildman–Crippen MR) is 66.8 cm³/mol. The summed E-state index contributed by atoms with van der Waals surface area (Å²) >= 11 is 5.95. The summed E-state index contributed by atoms with van der Waals surface area (Å²) in [7, 11) is 3.36. The molecule has 0 saturated heterocycles. The molecule has 1 rings (SSSR count). The topological polar surface area (TPSA) is 32.3 Å². The lowest BCUT2D eigenvalue weighted by molar-refractivity contribution is 0.0828. The van der Waals surface area contributed by atoms with E-state index >= 15 is 0 Å². The molecular weight excluding hydrogens is 224 g/mol.